The maximum absolute atomic E-state index is 13.9. The Balaban J connectivity index is 1.39. The molecule has 1 aromatic carbocycles. The highest BCUT2D eigenvalue weighted by molar-refractivity contribution is 9.10. The van der Waals surface area contributed by atoms with E-state index in [1.165, 1.54) is 17.4 Å². The molecule has 0 atom stereocenters. The van der Waals surface area contributed by atoms with E-state index in [0.717, 1.165) is 33.9 Å². The number of hydrogen-bond acceptors (Lipinski definition) is 5. The Kier molecular flexibility index (Phi) is 6.20. The van der Waals surface area contributed by atoms with Gasteiger partial charge in [0.05, 0.1) is 4.88 Å². The van der Waals surface area contributed by atoms with Gasteiger partial charge in [-0.3, -0.25) is 9.69 Å². The second-order valence-corrected chi connectivity index (χ2v) is 9.37. The van der Waals surface area contributed by atoms with Crippen molar-refractivity contribution in [2.45, 2.75) is 13.0 Å². The minimum absolute atomic E-state index is 0.0223. The lowest BCUT2D eigenvalue weighted by atomic mass is 10.2. The van der Waals surface area contributed by atoms with Crippen molar-refractivity contribution in [1.82, 2.24) is 14.8 Å². The maximum atomic E-state index is 13.9. The number of hydrogen-bond donors (Lipinski definition) is 0. The van der Waals surface area contributed by atoms with E-state index in [1.54, 1.807) is 17.4 Å². The van der Waals surface area contributed by atoms with Crippen LogP contribution in [0, 0.1) is 5.82 Å². The van der Waals surface area contributed by atoms with Crippen molar-refractivity contribution < 1.29 is 9.18 Å². The molecule has 4 nitrogen and oxygen atoms in total. The fourth-order valence-corrected chi connectivity index (χ4v) is 5.57. The molecule has 0 N–H and O–H groups in total. The van der Waals surface area contributed by atoms with Gasteiger partial charge in [-0.25, -0.2) is 9.37 Å². The standard InChI is InChI=1S/C20H19BrFN3OS2/c21-15-10-18(27-12-15)19-23-17(13-28-19)20(26)25-7-3-6-24(8-9-25)11-14-4-1-2-5-16(14)22/h1-2,4-5,10,12-13H,3,6-9,11H2. The second kappa shape index (κ2) is 8.82. The van der Waals surface area contributed by atoms with E-state index in [9.17, 15) is 9.18 Å². The van der Waals surface area contributed by atoms with Gasteiger partial charge in [-0.15, -0.1) is 22.7 Å². The van der Waals surface area contributed by atoms with Crippen LogP contribution in [0.1, 0.15) is 22.5 Å². The van der Waals surface area contributed by atoms with E-state index in [0.29, 0.717) is 30.9 Å². The normalized spacial score (nSPS) is 15.6. The lowest BCUT2D eigenvalue weighted by Gasteiger charge is -2.21. The molecule has 3 aromatic rings. The van der Waals surface area contributed by atoms with Crippen LogP contribution in [0.5, 0.6) is 0 Å². The third-order valence-corrected chi connectivity index (χ3v) is 7.43. The molecule has 1 aliphatic heterocycles. The Morgan fingerprint density at radius 1 is 1.14 bits per heavy atom. The minimum Gasteiger partial charge on any atom is -0.336 e. The molecule has 0 spiro atoms. The Hall–Kier alpha value is -1.61. The van der Waals surface area contributed by atoms with E-state index in [4.69, 9.17) is 0 Å². The van der Waals surface area contributed by atoms with Crippen molar-refractivity contribution in [1.29, 1.82) is 0 Å². The van der Waals surface area contributed by atoms with Crippen LogP contribution in [0.3, 0.4) is 0 Å². The maximum Gasteiger partial charge on any atom is 0.273 e. The Morgan fingerprint density at radius 2 is 2.00 bits per heavy atom. The first-order valence-corrected chi connectivity index (χ1v) is 11.6. The monoisotopic (exact) mass is 479 g/mol. The highest BCUT2D eigenvalue weighted by Crippen LogP contribution is 2.32. The van der Waals surface area contributed by atoms with Crippen LogP contribution in [0.25, 0.3) is 9.88 Å². The fourth-order valence-electron chi connectivity index (χ4n) is 3.27. The summed E-state index contributed by atoms with van der Waals surface area (Å²) in [5.41, 5.74) is 1.21. The molecule has 0 unspecified atom stereocenters. The largest absolute Gasteiger partial charge is 0.336 e. The van der Waals surface area contributed by atoms with Gasteiger partial charge in [0.2, 0.25) is 0 Å². The molecule has 8 heteroatoms. The molecule has 2 aromatic heterocycles. The number of rotatable bonds is 4. The van der Waals surface area contributed by atoms with Crippen LogP contribution in [-0.2, 0) is 6.54 Å². The van der Waals surface area contributed by atoms with Gasteiger partial charge in [-0.05, 0) is 34.5 Å². The smallest absolute Gasteiger partial charge is 0.273 e. The molecule has 1 amide bonds. The zero-order chi connectivity index (χ0) is 19.5. The highest BCUT2D eigenvalue weighted by atomic mass is 79.9. The molecule has 28 heavy (non-hydrogen) atoms. The number of benzene rings is 1. The molecule has 0 aliphatic carbocycles. The van der Waals surface area contributed by atoms with Gasteiger partial charge in [0, 0.05) is 53.5 Å². The first kappa shape index (κ1) is 19.7. The molecule has 1 fully saturated rings. The summed E-state index contributed by atoms with van der Waals surface area (Å²) in [6.45, 7) is 3.48. The molecule has 1 saturated heterocycles. The van der Waals surface area contributed by atoms with E-state index in [-0.39, 0.29) is 11.7 Å². The lowest BCUT2D eigenvalue weighted by Crippen LogP contribution is -2.35. The summed E-state index contributed by atoms with van der Waals surface area (Å²) in [6, 6.07) is 8.90. The predicted molar refractivity (Wildman–Crippen MR) is 115 cm³/mol. The first-order chi connectivity index (χ1) is 13.6. The summed E-state index contributed by atoms with van der Waals surface area (Å²) in [5.74, 6) is -0.194. The summed E-state index contributed by atoms with van der Waals surface area (Å²) in [4.78, 5) is 22.6. The van der Waals surface area contributed by atoms with E-state index in [1.807, 2.05) is 33.9 Å². The van der Waals surface area contributed by atoms with Crippen LogP contribution in [0.2, 0.25) is 0 Å². The van der Waals surface area contributed by atoms with Gasteiger partial charge < -0.3 is 4.90 Å². The molecular weight excluding hydrogens is 461 g/mol. The fraction of sp³-hybridized carbons (Fsp3) is 0.300. The molecule has 4 rings (SSSR count). The molecule has 146 valence electrons. The van der Waals surface area contributed by atoms with Gasteiger partial charge in [0.25, 0.3) is 5.91 Å². The van der Waals surface area contributed by atoms with Crippen molar-refractivity contribution in [2.75, 3.05) is 26.2 Å². The average Bonchev–Trinajstić information content (AvgIpc) is 3.28. The number of thiazole rings is 1. The summed E-state index contributed by atoms with van der Waals surface area (Å²) in [5, 5.41) is 4.72. The summed E-state index contributed by atoms with van der Waals surface area (Å²) in [7, 11) is 0. The lowest BCUT2D eigenvalue weighted by molar-refractivity contribution is 0.0756. The van der Waals surface area contributed by atoms with Crippen molar-refractivity contribution in [2.24, 2.45) is 0 Å². The Bertz CT molecular complexity index is 974. The number of nitrogens with zero attached hydrogens (tertiary/aromatic N) is 3. The first-order valence-electron chi connectivity index (χ1n) is 9.05. The van der Waals surface area contributed by atoms with Gasteiger partial charge in [0.15, 0.2) is 0 Å². The van der Waals surface area contributed by atoms with Gasteiger partial charge in [-0.2, -0.15) is 0 Å². The average molecular weight is 480 g/mol. The zero-order valence-electron chi connectivity index (χ0n) is 15.1. The molecule has 3 heterocycles. The van der Waals surface area contributed by atoms with Gasteiger partial charge in [0.1, 0.15) is 16.5 Å². The van der Waals surface area contributed by atoms with Gasteiger partial charge >= 0.3 is 0 Å². The van der Waals surface area contributed by atoms with Crippen molar-refractivity contribution >= 4 is 44.5 Å². The third kappa shape index (κ3) is 4.51. The molecule has 0 saturated carbocycles. The number of carbonyl (C=O) groups excluding carboxylic acids is 1. The number of carbonyl (C=O) groups is 1. The third-order valence-electron chi connectivity index (χ3n) is 4.73. The quantitative estimate of drug-likeness (QED) is 0.520. The Morgan fingerprint density at radius 3 is 2.79 bits per heavy atom. The SMILES string of the molecule is O=C(c1csc(-c2cc(Br)cs2)n1)N1CCCN(Cc2ccccc2F)CC1. The van der Waals surface area contributed by atoms with Crippen molar-refractivity contribution in [3.63, 3.8) is 0 Å². The topological polar surface area (TPSA) is 36.4 Å². The second-order valence-electron chi connectivity index (χ2n) is 6.68. The van der Waals surface area contributed by atoms with Crippen LogP contribution in [0.15, 0.2) is 45.6 Å². The number of aromatic nitrogens is 1. The van der Waals surface area contributed by atoms with Crippen LogP contribution < -0.4 is 0 Å². The molecule has 0 bridgehead atoms. The number of halogens is 2. The number of thiophene rings is 1. The molecule has 0 radical (unpaired) electrons. The summed E-state index contributed by atoms with van der Waals surface area (Å²) in [6.07, 6.45) is 0.870. The zero-order valence-corrected chi connectivity index (χ0v) is 18.3. The summed E-state index contributed by atoms with van der Waals surface area (Å²) >= 11 is 6.56. The molecular formula is C20H19BrFN3OS2. The Labute approximate surface area is 179 Å². The van der Waals surface area contributed by atoms with Crippen molar-refractivity contribution in [3.05, 3.63) is 62.6 Å². The van der Waals surface area contributed by atoms with Crippen molar-refractivity contribution in [3.8, 4) is 9.88 Å². The van der Waals surface area contributed by atoms with Crippen LogP contribution in [0.4, 0.5) is 4.39 Å². The van der Waals surface area contributed by atoms with Gasteiger partial charge in [-0.1, -0.05) is 18.2 Å². The highest BCUT2D eigenvalue weighted by Gasteiger charge is 2.23. The van der Waals surface area contributed by atoms with Crippen LogP contribution >= 0.6 is 38.6 Å². The predicted octanol–water partition coefficient (Wildman–Crippen LogP) is 5.12. The van der Waals surface area contributed by atoms with E-state index < -0.39 is 0 Å². The number of amides is 1. The molecule has 1 aliphatic rings. The van der Waals surface area contributed by atoms with Crippen LogP contribution in [-0.4, -0.2) is 46.9 Å². The summed E-state index contributed by atoms with van der Waals surface area (Å²) < 4.78 is 14.9. The van der Waals surface area contributed by atoms with E-state index in [2.05, 4.69) is 25.8 Å². The van der Waals surface area contributed by atoms with E-state index >= 15 is 0 Å². The minimum atomic E-state index is -0.171.